The summed E-state index contributed by atoms with van der Waals surface area (Å²) in [4.78, 5) is 51.9. The number of nitrogens with zero attached hydrogens (tertiary/aromatic N) is 6. The third kappa shape index (κ3) is 6.87. The molecular weight excluding hydrogens is 707 g/mol. The van der Waals surface area contributed by atoms with Gasteiger partial charge in [-0.05, 0) is 92.3 Å². The molecular formula is C43H55N9O4. The number of anilines is 2. The Hall–Kier alpha value is -4.72. The predicted octanol–water partition coefficient (Wildman–Crippen LogP) is 4.12. The van der Waals surface area contributed by atoms with E-state index in [9.17, 15) is 19.5 Å². The lowest BCUT2D eigenvalue weighted by molar-refractivity contribution is -0.136. The van der Waals surface area contributed by atoms with E-state index in [-0.39, 0.29) is 30.2 Å². The SMILES string of the molecule is C[C@@H](C(O)N(C)c1ccc2cc(-c3n[nH]c4c3CCC(C)(C)C4)[nH]c2c1)N1CCN(C[C@H]2CCN(c3ccc4c(c3)CN(C3CCC(=O)NC3=O)C4=O)C2)CC1. The smallest absolute Gasteiger partial charge is 0.255 e. The average Bonchev–Trinajstić information content (AvgIpc) is 3.99. The molecule has 3 amide bonds. The van der Waals surface area contributed by atoms with Crippen molar-refractivity contribution in [3.8, 4) is 11.4 Å². The number of imide groups is 1. The first-order valence-electron chi connectivity index (χ1n) is 20.5. The molecule has 1 aliphatic carbocycles. The van der Waals surface area contributed by atoms with E-state index in [2.05, 4.69) is 81.2 Å². The Morgan fingerprint density at radius 3 is 2.62 bits per heavy atom. The number of aromatic nitrogens is 3. The number of benzene rings is 2. The molecule has 2 unspecified atom stereocenters. The van der Waals surface area contributed by atoms with Crippen molar-refractivity contribution in [2.45, 2.75) is 84.2 Å². The van der Waals surface area contributed by atoms with Gasteiger partial charge in [-0.3, -0.25) is 29.7 Å². The second-order valence-corrected chi connectivity index (χ2v) is 17.8. The van der Waals surface area contributed by atoms with E-state index >= 15 is 0 Å². The minimum Gasteiger partial charge on any atom is -0.372 e. The summed E-state index contributed by atoms with van der Waals surface area (Å²) in [6.45, 7) is 13.9. The van der Waals surface area contributed by atoms with E-state index in [0.717, 1.165) is 111 Å². The van der Waals surface area contributed by atoms with E-state index in [4.69, 9.17) is 5.10 Å². The maximum Gasteiger partial charge on any atom is 0.255 e. The predicted molar refractivity (Wildman–Crippen MR) is 216 cm³/mol. The van der Waals surface area contributed by atoms with Gasteiger partial charge in [-0.2, -0.15) is 5.10 Å². The number of H-pyrrole nitrogens is 2. The Bertz CT molecular complexity index is 2170. The third-order valence-corrected chi connectivity index (χ3v) is 13.4. The highest BCUT2D eigenvalue weighted by Gasteiger charge is 2.40. The molecule has 9 rings (SSSR count). The Morgan fingerprint density at radius 2 is 1.82 bits per heavy atom. The van der Waals surface area contributed by atoms with Crippen molar-refractivity contribution in [1.82, 2.24) is 35.2 Å². The molecule has 4 aliphatic heterocycles. The van der Waals surface area contributed by atoms with Gasteiger partial charge in [0.25, 0.3) is 5.91 Å². The summed E-state index contributed by atoms with van der Waals surface area (Å²) in [5.41, 5.74) is 9.69. The summed E-state index contributed by atoms with van der Waals surface area (Å²) >= 11 is 0. The molecule has 296 valence electrons. The van der Waals surface area contributed by atoms with E-state index in [1.54, 1.807) is 4.90 Å². The van der Waals surface area contributed by atoms with Gasteiger partial charge in [0.05, 0.1) is 11.7 Å². The number of aromatic amines is 2. The molecule has 0 saturated carbocycles. The summed E-state index contributed by atoms with van der Waals surface area (Å²) < 4.78 is 0. The van der Waals surface area contributed by atoms with Gasteiger partial charge >= 0.3 is 0 Å². The number of carbonyl (C=O) groups excluding carboxylic acids is 3. The lowest BCUT2D eigenvalue weighted by Crippen LogP contribution is -2.56. The summed E-state index contributed by atoms with van der Waals surface area (Å²) in [5.74, 6) is -0.228. The van der Waals surface area contributed by atoms with Crippen molar-refractivity contribution in [3.63, 3.8) is 0 Å². The highest BCUT2D eigenvalue weighted by molar-refractivity contribution is 6.05. The van der Waals surface area contributed by atoms with Crippen LogP contribution in [0.4, 0.5) is 11.4 Å². The minimum atomic E-state index is -0.655. The van der Waals surface area contributed by atoms with Gasteiger partial charge in [-0.1, -0.05) is 19.9 Å². The van der Waals surface area contributed by atoms with Crippen molar-refractivity contribution < 1.29 is 19.5 Å². The zero-order chi connectivity index (χ0) is 38.9. The first-order valence-corrected chi connectivity index (χ1v) is 20.5. The van der Waals surface area contributed by atoms with Crippen LogP contribution in [0.1, 0.15) is 73.6 Å². The fraction of sp³-hybridized carbons (Fsp3) is 0.535. The van der Waals surface area contributed by atoms with E-state index in [1.807, 2.05) is 24.1 Å². The second-order valence-electron chi connectivity index (χ2n) is 17.8. The second kappa shape index (κ2) is 14.3. The lowest BCUT2D eigenvalue weighted by atomic mass is 9.76. The number of fused-ring (bicyclic) bond motifs is 3. The van der Waals surface area contributed by atoms with Gasteiger partial charge < -0.3 is 29.7 Å². The van der Waals surface area contributed by atoms with Crippen molar-refractivity contribution >= 4 is 40.0 Å². The molecule has 13 nitrogen and oxygen atoms in total. The summed E-state index contributed by atoms with van der Waals surface area (Å²) in [6.07, 6.45) is 4.31. The molecule has 0 radical (unpaired) electrons. The topological polar surface area (TPSA) is 144 Å². The number of likely N-dealkylation sites (N-methyl/N-ethyl adjacent to an activating group) is 1. The van der Waals surface area contributed by atoms with Crippen LogP contribution in [0.3, 0.4) is 0 Å². The summed E-state index contributed by atoms with van der Waals surface area (Å²) in [6, 6.07) is 14.0. The monoisotopic (exact) mass is 761 g/mol. The van der Waals surface area contributed by atoms with Crippen LogP contribution >= 0.6 is 0 Å². The molecule has 4 N–H and O–H groups in total. The van der Waals surface area contributed by atoms with Gasteiger partial charge in [0.2, 0.25) is 11.8 Å². The number of amides is 3. The molecule has 2 aromatic heterocycles. The number of aliphatic hydroxyl groups is 1. The van der Waals surface area contributed by atoms with Crippen molar-refractivity contribution in [3.05, 3.63) is 64.8 Å². The quantitative estimate of drug-likeness (QED) is 0.146. The Morgan fingerprint density at radius 1 is 1.00 bits per heavy atom. The number of hydrogen-bond donors (Lipinski definition) is 4. The Kier molecular flexibility index (Phi) is 9.45. The zero-order valence-corrected chi connectivity index (χ0v) is 33.1. The highest BCUT2D eigenvalue weighted by atomic mass is 16.3. The number of hydrogen-bond acceptors (Lipinski definition) is 9. The van der Waals surface area contributed by atoms with Gasteiger partial charge in [-0.15, -0.1) is 0 Å². The van der Waals surface area contributed by atoms with Gasteiger partial charge in [0.15, 0.2) is 0 Å². The van der Waals surface area contributed by atoms with Crippen LogP contribution in [0.15, 0.2) is 42.5 Å². The third-order valence-electron chi connectivity index (χ3n) is 13.4. The van der Waals surface area contributed by atoms with Gasteiger partial charge in [0, 0.05) is 105 Å². The number of piperazine rings is 1. The number of carbonyl (C=O) groups is 3. The van der Waals surface area contributed by atoms with Gasteiger partial charge in [0.1, 0.15) is 18.0 Å². The molecule has 3 saturated heterocycles. The molecule has 56 heavy (non-hydrogen) atoms. The Labute approximate surface area is 328 Å². The van der Waals surface area contributed by atoms with Crippen LogP contribution in [0, 0.1) is 11.3 Å². The number of rotatable bonds is 9. The first kappa shape index (κ1) is 36.9. The fourth-order valence-electron chi connectivity index (χ4n) is 9.89. The van der Waals surface area contributed by atoms with Crippen molar-refractivity contribution in [1.29, 1.82) is 0 Å². The van der Waals surface area contributed by atoms with E-state index < -0.39 is 12.3 Å². The molecule has 4 atom stereocenters. The van der Waals surface area contributed by atoms with Gasteiger partial charge in [-0.25, -0.2) is 0 Å². The lowest BCUT2D eigenvalue weighted by Gasteiger charge is -2.42. The molecule has 0 spiro atoms. The Balaban J connectivity index is 0.765. The molecule has 3 fully saturated rings. The fourth-order valence-corrected chi connectivity index (χ4v) is 9.89. The van der Waals surface area contributed by atoms with Crippen molar-refractivity contribution in [2.24, 2.45) is 11.3 Å². The number of aliphatic hydroxyl groups excluding tert-OH is 1. The highest BCUT2D eigenvalue weighted by Crippen LogP contribution is 2.39. The summed E-state index contributed by atoms with van der Waals surface area (Å²) in [5, 5.41) is 23.2. The van der Waals surface area contributed by atoms with Crippen LogP contribution in [0.5, 0.6) is 0 Å². The van der Waals surface area contributed by atoms with Crippen LogP contribution in [-0.4, -0.2) is 124 Å². The average molecular weight is 762 g/mol. The standard InChI is InChI=1S/C43H55N9O4/c1-26(41(55)48(4)30-6-5-28-20-35(44-34(28)21-30)39-33-11-13-43(2,3)22-36(33)46-47-39)50-17-15-49(16-18-50)23-27-12-14-51(24-27)31-7-8-32-29(19-31)25-52(42(32)56)37-9-10-38(53)45-40(37)54/h5-8,19-21,26-27,37,41,44,55H,9-18,22-25H2,1-4H3,(H,46,47)(H,45,53,54)/t26-,27+,37?,41?/m0/s1. The van der Waals surface area contributed by atoms with E-state index in [1.165, 1.54) is 11.3 Å². The van der Waals surface area contributed by atoms with Crippen molar-refractivity contribution in [2.75, 3.05) is 62.7 Å². The minimum absolute atomic E-state index is 0.0311. The molecule has 13 heteroatoms. The number of nitrogens with one attached hydrogen (secondary N) is 3. The zero-order valence-electron chi connectivity index (χ0n) is 33.1. The molecule has 4 aromatic rings. The van der Waals surface area contributed by atoms with Crippen LogP contribution < -0.4 is 15.1 Å². The maximum atomic E-state index is 13.2. The van der Waals surface area contributed by atoms with Crippen LogP contribution in [-0.2, 0) is 29.0 Å². The van der Waals surface area contributed by atoms with Crippen LogP contribution in [0.2, 0.25) is 0 Å². The molecule has 2 aromatic carbocycles. The number of piperidine rings is 1. The maximum absolute atomic E-state index is 13.2. The molecule has 6 heterocycles. The first-order chi connectivity index (χ1) is 26.9. The normalized spacial score (nSPS) is 24.1. The molecule has 5 aliphatic rings. The van der Waals surface area contributed by atoms with Crippen LogP contribution in [0.25, 0.3) is 22.3 Å². The molecule has 0 bridgehead atoms. The largest absolute Gasteiger partial charge is 0.372 e. The summed E-state index contributed by atoms with van der Waals surface area (Å²) in [7, 11) is 1.98. The van der Waals surface area contributed by atoms with E-state index in [0.29, 0.717) is 29.9 Å².